The molecule has 2 fully saturated rings. The maximum absolute atomic E-state index is 13.5. The number of carbonyl (C=O) groups is 2. The van der Waals surface area contributed by atoms with Crippen LogP contribution in [0, 0.1) is 6.92 Å². The Balaban J connectivity index is 1.51. The third-order valence-electron chi connectivity index (χ3n) is 7.36. The largest absolute Gasteiger partial charge is 0.484 e. The molecule has 2 amide bonds. The number of nitrogens with zero attached hydrogens (tertiary/aromatic N) is 3. The first-order chi connectivity index (χ1) is 15.3. The molecule has 0 aliphatic carbocycles. The van der Waals surface area contributed by atoms with Gasteiger partial charge in [0.15, 0.2) is 0 Å². The van der Waals surface area contributed by atoms with Crippen LogP contribution < -0.4 is 4.74 Å². The van der Waals surface area contributed by atoms with Gasteiger partial charge >= 0.3 is 0 Å². The Hall–Kier alpha value is -2.12. The van der Waals surface area contributed by atoms with Crippen LogP contribution >= 0.6 is 0 Å². The molecule has 0 unspecified atom stereocenters. The minimum absolute atomic E-state index is 0.000315. The molecule has 1 aromatic rings. The molecule has 176 valence electrons. The SMILES string of the molecule is Cc1ccc2c(c1)C(=O)N(CC(=O)N(C)C1CCN(C(C)C)CC1)CC1(CCOCC1)O2. The zero-order chi connectivity index (χ0) is 22.9. The number of ether oxygens (including phenoxy) is 2. The molecule has 3 aliphatic heterocycles. The molecule has 7 heteroatoms. The van der Waals surface area contributed by atoms with E-state index < -0.39 is 5.60 Å². The number of carbonyl (C=O) groups excluding carboxylic acids is 2. The summed E-state index contributed by atoms with van der Waals surface area (Å²) >= 11 is 0. The molecule has 2 saturated heterocycles. The summed E-state index contributed by atoms with van der Waals surface area (Å²) in [5.41, 5.74) is 1.05. The minimum atomic E-state index is -0.504. The number of hydrogen-bond acceptors (Lipinski definition) is 5. The topological polar surface area (TPSA) is 62.3 Å². The molecular weight excluding hydrogens is 406 g/mol. The summed E-state index contributed by atoms with van der Waals surface area (Å²) in [4.78, 5) is 32.8. The molecule has 0 aromatic heterocycles. The fourth-order valence-electron chi connectivity index (χ4n) is 5.15. The number of likely N-dealkylation sites (N-methyl/N-ethyl adjacent to an activating group) is 1. The van der Waals surface area contributed by atoms with Crippen molar-refractivity contribution in [2.24, 2.45) is 0 Å². The highest BCUT2D eigenvalue weighted by atomic mass is 16.5. The van der Waals surface area contributed by atoms with Gasteiger partial charge in [-0.25, -0.2) is 0 Å². The smallest absolute Gasteiger partial charge is 0.258 e. The molecule has 0 atom stereocenters. The van der Waals surface area contributed by atoms with Gasteiger partial charge in [-0.15, -0.1) is 0 Å². The third kappa shape index (κ3) is 4.79. The van der Waals surface area contributed by atoms with Crippen LogP contribution in [0.5, 0.6) is 5.75 Å². The predicted molar refractivity (Wildman–Crippen MR) is 123 cm³/mol. The molecule has 32 heavy (non-hydrogen) atoms. The Labute approximate surface area is 191 Å². The molecule has 3 heterocycles. The monoisotopic (exact) mass is 443 g/mol. The fourth-order valence-corrected chi connectivity index (χ4v) is 5.15. The van der Waals surface area contributed by atoms with Crippen molar-refractivity contribution in [2.45, 2.75) is 64.1 Å². The first-order valence-corrected chi connectivity index (χ1v) is 11.9. The van der Waals surface area contributed by atoms with Gasteiger partial charge in [0.05, 0.1) is 25.3 Å². The Morgan fingerprint density at radius 1 is 1.22 bits per heavy atom. The van der Waals surface area contributed by atoms with E-state index in [1.807, 2.05) is 37.1 Å². The van der Waals surface area contributed by atoms with Crippen LogP contribution in [0.4, 0.5) is 0 Å². The molecule has 0 saturated carbocycles. The number of likely N-dealkylation sites (tertiary alicyclic amines) is 1. The lowest BCUT2D eigenvalue weighted by Crippen LogP contribution is -2.54. The Morgan fingerprint density at radius 2 is 1.91 bits per heavy atom. The molecule has 1 spiro atoms. The normalized spacial score (nSPS) is 21.9. The number of rotatable bonds is 4. The van der Waals surface area contributed by atoms with Crippen molar-refractivity contribution in [3.8, 4) is 5.75 Å². The molecular formula is C25H37N3O4. The highest BCUT2D eigenvalue weighted by molar-refractivity contribution is 5.99. The number of amides is 2. The van der Waals surface area contributed by atoms with Crippen LogP contribution in [0.1, 0.15) is 55.5 Å². The van der Waals surface area contributed by atoms with Crippen LogP contribution in [-0.4, -0.2) is 90.6 Å². The Morgan fingerprint density at radius 3 is 2.56 bits per heavy atom. The lowest BCUT2D eigenvalue weighted by Gasteiger charge is -2.40. The maximum atomic E-state index is 13.5. The summed E-state index contributed by atoms with van der Waals surface area (Å²) in [6.07, 6.45) is 3.37. The predicted octanol–water partition coefficient (Wildman–Crippen LogP) is 2.71. The number of benzene rings is 1. The minimum Gasteiger partial charge on any atom is -0.484 e. The molecule has 4 rings (SSSR count). The zero-order valence-corrected chi connectivity index (χ0v) is 19.9. The van der Waals surface area contributed by atoms with E-state index in [1.54, 1.807) is 4.90 Å². The Bertz CT molecular complexity index is 842. The van der Waals surface area contributed by atoms with E-state index >= 15 is 0 Å². The van der Waals surface area contributed by atoms with Gasteiger partial charge in [0, 0.05) is 45.1 Å². The van der Waals surface area contributed by atoms with Crippen molar-refractivity contribution in [1.82, 2.24) is 14.7 Å². The van der Waals surface area contributed by atoms with E-state index in [2.05, 4.69) is 18.7 Å². The Kier molecular flexibility index (Phi) is 6.77. The van der Waals surface area contributed by atoms with Crippen molar-refractivity contribution < 1.29 is 19.1 Å². The number of aryl methyl sites for hydroxylation is 1. The average molecular weight is 444 g/mol. The summed E-state index contributed by atoms with van der Waals surface area (Å²) in [6, 6.07) is 6.49. The third-order valence-corrected chi connectivity index (χ3v) is 7.36. The van der Waals surface area contributed by atoms with Gasteiger partial charge in [-0.2, -0.15) is 0 Å². The molecule has 0 bridgehead atoms. The van der Waals surface area contributed by atoms with Crippen LogP contribution in [0.2, 0.25) is 0 Å². The first kappa shape index (κ1) is 23.1. The van der Waals surface area contributed by atoms with E-state index in [0.29, 0.717) is 50.0 Å². The molecule has 0 N–H and O–H groups in total. The second-order valence-electron chi connectivity index (χ2n) is 9.92. The van der Waals surface area contributed by atoms with E-state index in [9.17, 15) is 9.59 Å². The lowest BCUT2D eigenvalue weighted by atomic mass is 9.93. The van der Waals surface area contributed by atoms with E-state index in [-0.39, 0.29) is 24.4 Å². The molecule has 0 radical (unpaired) electrons. The number of fused-ring (bicyclic) bond motifs is 1. The van der Waals surface area contributed by atoms with Gasteiger partial charge in [0.25, 0.3) is 5.91 Å². The van der Waals surface area contributed by atoms with Crippen LogP contribution in [0.25, 0.3) is 0 Å². The molecule has 1 aromatic carbocycles. The number of piperidine rings is 1. The first-order valence-electron chi connectivity index (χ1n) is 11.9. The van der Waals surface area contributed by atoms with E-state index in [0.717, 1.165) is 31.5 Å². The van der Waals surface area contributed by atoms with Gasteiger partial charge in [0.1, 0.15) is 17.9 Å². The van der Waals surface area contributed by atoms with Gasteiger partial charge in [0.2, 0.25) is 5.91 Å². The van der Waals surface area contributed by atoms with Crippen molar-refractivity contribution in [1.29, 1.82) is 0 Å². The van der Waals surface area contributed by atoms with Crippen LogP contribution in [-0.2, 0) is 9.53 Å². The van der Waals surface area contributed by atoms with Crippen molar-refractivity contribution in [3.63, 3.8) is 0 Å². The molecule has 7 nitrogen and oxygen atoms in total. The summed E-state index contributed by atoms with van der Waals surface area (Å²) in [5, 5.41) is 0. The van der Waals surface area contributed by atoms with Crippen molar-refractivity contribution in [3.05, 3.63) is 29.3 Å². The summed E-state index contributed by atoms with van der Waals surface area (Å²) in [7, 11) is 1.89. The van der Waals surface area contributed by atoms with Crippen LogP contribution in [0.15, 0.2) is 18.2 Å². The second kappa shape index (κ2) is 9.40. The van der Waals surface area contributed by atoms with E-state index in [1.165, 1.54) is 0 Å². The lowest BCUT2D eigenvalue weighted by molar-refractivity contribution is -0.134. The van der Waals surface area contributed by atoms with Gasteiger partial charge in [-0.3, -0.25) is 9.59 Å². The second-order valence-corrected chi connectivity index (χ2v) is 9.92. The van der Waals surface area contributed by atoms with Crippen molar-refractivity contribution in [2.75, 3.05) is 46.4 Å². The quantitative estimate of drug-likeness (QED) is 0.716. The van der Waals surface area contributed by atoms with Crippen molar-refractivity contribution >= 4 is 11.8 Å². The average Bonchev–Trinajstić information content (AvgIpc) is 2.89. The summed E-state index contributed by atoms with van der Waals surface area (Å²) < 4.78 is 12.0. The maximum Gasteiger partial charge on any atom is 0.258 e. The highest BCUT2D eigenvalue weighted by Crippen LogP contribution is 2.35. The highest BCUT2D eigenvalue weighted by Gasteiger charge is 2.43. The number of hydrogen-bond donors (Lipinski definition) is 0. The zero-order valence-electron chi connectivity index (χ0n) is 19.9. The van der Waals surface area contributed by atoms with Gasteiger partial charge in [-0.1, -0.05) is 11.6 Å². The van der Waals surface area contributed by atoms with Gasteiger partial charge < -0.3 is 24.2 Å². The van der Waals surface area contributed by atoms with Gasteiger partial charge in [-0.05, 0) is 45.7 Å². The fraction of sp³-hybridized carbons (Fsp3) is 0.680. The van der Waals surface area contributed by atoms with E-state index in [4.69, 9.17) is 9.47 Å². The molecule has 3 aliphatic rings. The van der Waals surface area contributed by atoms with Crippen LogP contribution in [0.3, 0.4) is 0 Å². The summed E-state index contributed by atoms with van der Waals surface area (Å²) in [6.45, 7) is 10.1. The standard InChI is InChI=1S/C25H37N3O4/c1-18(2)27-11-7-20(8-12-27)26(4)23(29)16-28-17-25(9-13-31-14-10-25)32-22-6-5-19(3)15-21(22)24(28)30/h5-6,15,18,20H,7-14,16-17H2,1-4H3. The summed E-state index contributed by atoms with van der Waals surface area (Å²) in [5.74, 6) is 0.495.